The first-order chi connectivity index (χ1) is 11.8. The van der Waals surface area contributed by atoms with Gasteiger partial charge in [-0.25, -0.2) is 0 Å². The van der Waals surface area contributed by atoms with Crippen molar-refractivity contribution in [3.63, 3.8) is 0 Å². The molecule has 118 valence electrons. The first-order valence-electron chi connectivity index (χ1n) is 8.32. The van der Waals surface area contributed by atoms with Crippen molar-refractivity contribution in [3.8, 4) is 11.1 Å². The van der Waals surface area contributed by atoms with Crippen LogP contribution in [0.3, 0.4) is 0 Å². The summed E-state index contributed by atoms with van der Waals surface area (Å²) in [7, 11) is 0. The Balaban J connectivity index is 1.71. The van der Waals surface area contributed by atoms with Crippen molar-refractivity contribution in [2.24, 2.45) is 0 Å². The summed E-state index contributed by atoms with van der Waals surface area (Å²) < 4.78 is 0. The van der Waals surface area contributed by atoms with Crippen LogP contribution in [0.25, 0.3) is 23.3 Å². The van der Waals surface area contributed by atoms with Gasteiger partial charge in [-0.1, -0.05) is 104 Å². The van der Waals surface area contributed by atoms with E-state index in [9.17, 15) is 0 Å². The van der Waals surface area contributed by atoms with Gasteiger partial charge in [-0.15, -0.1) is 6.58 Å². The summed E-state index contributed by atoms with van der Waals surface area (Å²) in [5, 5.41) is 0. The van der Waals surface area contributed by atoms with Gasteiger partial charge in [0.1, 0.15) is 0 Å². The maximum atomic E-state index is 3.85. The van der Waals surface area contributed by atoms with Gasteiger partial charge in [0.05, 0.1) is 0 Å². The molecule has 1 atom stereocenters. The lowest BCUT2D eigenvalue weighted by Crippen LogP contribution is -1.87. The molecule has 0 spiro atoms. The molecule has 0 amide bonds. The third-order valence-electron chi connectivity index (χ3n) is 4.30. The Morgan fingerprint density at radius 1 is 0.667 bits per heavy atom. The molecule has 0 saturated heterocycles. The zero-order valence-electron chi connectivity index (χ0n) is 14.0. The van der Waals surface area contributed by atoms with Gasteiger partial charge in [-0.05, 0) is 33.7 Å². The highest BCUT2D eigenvalue weighted by atomic mass is 14.0. The van der Waals surface area contributed by atoms with Crippen LogP contribution in [-0.4, -0.2) is 0 Å². The Kier molecular flexibility index (Phi) is 5.08. The molecule has 0 bridgehead atoms. The van der Waals surface area contributed by atoms with Crippen LogP contribution in [0.4, 0.5) is 0 Å². The fourth-order valence-electron chi connectivity index (χ4n) is 2.66. The van der Waals surface area contributed by atoms with Crippen molar-refractivity contribution in [2.45, 2.75) is 12.8 Å². The molecular formula is C24H22. The van der Waals surface area contributed by atoms with Gasteiger partial charge in [0.15, 0.2) is 0 Å². The van der Waals surface area contributed by atoms with E-state index in [4.69, 9.17) is 0 Å². The maximum absolute atomic E-state index is 3.85. The summed E-state index contributed by atoms with van der Waals surface area (Å²) in [6, 6.07) is 27.8. The fourth-order valence-corrected chi connectivity index (χ4v) is 2.66. The highest BCUT2D eigenvalue weighted by molar-refractivity contribution is 5.72. The lowest BCUT2D eigenvalue weighted by Gasteiger charge is -2.06. The second-order valence-corrected chi connectivity index (χ2v) is 6.01. The smallest absolute Gasteiger partial charge is 0.00131 e. The number of benzene rings is 3. The van der Waals surface area contributed by atoms with Gasteiger partial charge in [0, 0.05) is 0 Å². The Morgan fingerprint density at radius 2 is 1.17 bits per heavy atom. The largest absolute Gasteiger partial charge is 0.102 e. The standard InChI is InChI=1S/C24H22/c1-3-19(2)22-15-11-20(12-16-22)9-10-21-13-17-24(18-14-21)23-7-5-4-6-8-23/h3-19H,1H2,2H3/b10-9+. The number of rotatable bonds is 5. The van der Waals surface area contributed by atoms with Gasteiger partial charge in [0.25, 0.3) is 0 Å². The van der Waals surface area contributed by atoms with Crippen molar-refractivity contribution in [3.05, 3.63) is 108 Å². The molecule has 0 heterocycles. The minimum atomic E-state index is 0.397. The van der Waals surface area contributed by atoms with E-state index in [1.54, 1.807) is 0 Å². The van der Waals surface area contributed by atoms with Crippen molar-refractivity contribution in [1.29, 1.82) is 0 Å². The minimum absolute atomic E-state index is 0.397. The predicted molar refractivity (Wildman–Crippen MR) is 106 cm³/mol. The molecular weight excluding hydrogens is 288 g/mol. The van der Waals surface area contributed by atoms with E-state index in [1.807, 2.05) is 12.1 Å². The minimum Gasteiger partial charge on any atom is -0.102 e. The van der Waals surface area contributed by atoms with Crippen LogP contribution in [0.1, 0.15) is 29.5 Å². The highest BCUT2D eigenvalue weighted by Gasteiger charge is 1.99. The predicted octanol–water partition coefficient (Wildman–Crippen LogP) is 6.81. The van der Waals surface area contributed by atoms with Crippen LogP contribution in [0.15, 0.2) is 91.5 Å². The lowest BCUT2D eigenvalue weighted by atomic mass is 9.99. The van der Waals surface area contributed by atoms with E-state index in [1.165, 1.54) is 27.8 Å². The Bertz CT molecular complexity index is 806. The molecule has 0 N–H and O–H groups in total. The monoisotopic (exact) mass is 310 g/mol. The van der Waals surface area contributed by atoms with Crippen molar-refractivity contribution < 1.29 is 0 Å². The summed E-state index contributed by atoms with van der Waals surface area (Å²) in [6.45, 7) is 6.01. The van der Waals surface area contributed by atoms with E-state index in [2.05, 4.69) is 98.5 Å². The number of hydrogen-bond donors (Lipinski definition) is 0. The quantitative estimate of drug-likeness (QED) is 0.358. The van der Waals surface area contributed by atoms with Gasteiger partial charge in [0.2, 0.25) is 0 Å². The van der Waals surface area contributed by atoms with Crippen molar-refractivity contribution in [2.75, 3.05) is 0 Å². The second kappa shape index (κ2) is 7.61. The molecule has 0 aliphatic carbocycles. The molecule has 3 aromatic carbocycles. The molecule has 0 radical (unpaired) electrons. The highest BCUT2D eigenvalue weighted by Crippen LogP contribution is 2.21. The molecule has 0 nitrogen and oxygen atoms in total. The SMILES string of the molecule is C=CC(C)c1ccc(/C=C/c2ccc(-c3ccccc3)cc2)cc1. The van der Waals surface area contributed by atoms with Crippen molar-refractivity contribution >= 4 is 12.2 Å². The van der Waals surface area contributed by atoms with E-state index in [-0.39, 0.29) is 0 Å². The normalized spacial score (nSPS) is 12.2. The molecule has 0 fully saturated rings. The van der Waals surface area contributed by atoms with E-state index in [0.717, 1.165) is 0 Å². The topological polar surface area (TPSA) is 0 Å². The van der Waals surface area contributed by atoms with Crippen LogP contribution >= 0.6 is 0 Å². The third kappa shape index (κ3) is 3.91. The molecule has 0 aliphatic rings. The lowest BCUT2D eigenvalue weighted by molar-refractivity contribution is 0.971. The van der Waals surface area contributed by atoms with Gasteiger partial charge in [-0.3, -0.25) is 0 Å². The first kappa shape index (κ1) is 16.0. The van der Waals surface area contributed by atoms with Crippen LogP contribution in [0.2, 0.25) is 0 Å². The summed E-state index contributed by atoms with van der Waals surface area (Å²) in [5.74, 6) is 0.397. The Morgan fingerprint density at radius 3 is 1.71 bits per heavy atom. The average Bonchev–Trinajstić information content (AvgIpc) is 2.67. The number of allylic oxidation sites excluding steroid dienone is 1. The molecule has 3 rings (SSSR count). The summed E-state index contributed by atoms with van der Waals surface area (Å²) in [5.41, 5.74) is 6.21. The van der Waals surface area contributed by atoms with Crippen LogP contribution in [0.5, 0.6) is 0 Å². The van der Waals surface area contributed by atoms with Gasteiger partial charge >= 0.3 is 0 Å². The number of hydrogen-bond acceptors (Lipinski definition) is 0. The Labute approximate surface area is 144 Å². The maximum Gasteiger partial charge on any atom is -0.00131 e. The van der Waals surface area contributed by atoms with Crippen LogP contribution < -0.4 is 0 Å². The Hall–Kier alpha value is -2.86. The first-order valence-corrected chi connectivity index (χ1v) is 8.32. The zero-order valence-corrected chi connectivity index (χ0v) is 14.0. The molecule has 0 heteroatoms. The van der Waals surface area contributed by atoms with Gasteiger partial charge < -0.3 is 0 Å². The van der Waals surface area contributed by atoms with E-state index < -0.39 is 0 Å². The summed E-state index contributed by atoms with van der Waals surface area (Å²) >= 11 is 0. The van der Waals surface area contributed by atoms with E-state index >= 15 is 0 Å². The van der Waals surface area contributed by atoms with Crippen LogP contribution in [-0.2, 0) is 0 Å². The van der Waals surface area contributed by atoms with Crippen LogP contribution in [0, 0.1) is 0 Å². The van der Waals surface area contributed by atoms with E-state index in [0.29, 0.717) is 5.92 Å². The fraction of sp³-hybridized carbons (Fsp3) is 0.0833. The van der Waals surface area contributed by atoms with Gasteiger partial charge in [-0.2, -0.15) is 0 Å². The summed E-state index contributed by atoms with van der Waals surface area (Å²) in [6.07, 6.45) is 6.28. The average molecular weight is 310 g/mol. The zero-order chi connectivity index (χ0) is 16.8. The third-order valence-corrected chi connectivity index (χ3v) is 4.30. The second-order valence-electron chi connectivity index (χ2n) is 6.01. The molecule has 0 aromatic heterocycles. The summed E-state index contributed by atoms with van der Waals surface area (Å²) in [4.78, 5) is 0. The molecule has 1 unspecified atom stereocenters. The molecule has 24 heavy (non-hydrogen) atoms. The molecule has 3 aromatic rings. The molecule has 0 aliphatic heterocycles. The molecule has 0 saturated carbocycles. The van der Waals surface area contributed by atoms with Crippen molar-refractivity contribution in [1.82, 2.24) is 0 Å².